The van der Waals surface area contributed by atoms with E-state index in [2.05, 4.69) is 33.6 Å². The lowest BCUT2D eigenvalue weighted by molar-refractivity contribution is 0.878. The average Bonchev–Trinajstić information content (AvgIpc) is 3.25. The van der Waals surface area contributed by atoms with Crippen molar-refractivity contribution >= 4 is 17.6 Å². The number of anilines is 1. The molecule has 108 valence electrons. The van der Waals surface area contributed by atoms with Crippen molar-refractivity contribution in [2.75, 3.05) is 5.43 Å². The van der Waals surface area contributed by atoms with E-state index in [-0.39, 0.29) is 0 Å². The molecule has 0 atom stereocenters. The van der Waals surface area contributed by atoms with Gasteiger partial charge in [-0.25, -0.2) is 15.8 Å². The Hall–Kier alpha value is -1.59. The third-order valence-corrected chi connectivity index (χ3v) is 5.01. The van der Waals surface area contributed by atoms with E-state index in [0.29, 0.717) is 11.7 Å². The van der Waals surface area contributed by atoms with Crippen LogP contribution in [0.3, 0.4) is 0 Å². The van der Waals surface area contributed by atoms with Gasteiger partial charge in [0.05, 0.1) is 0 Å². The Morgan fingerprint density at radius 1 is 1.10 bits per heavy atom. The monoisotopic (exact) mass is 298 g/mol. The molecule has 0 saturated heterocycles. The summed E-state index contributed by atoms with van der Waals surface area (Å²) >= 11 is 1.70. The first-order valence-corrected chi connectivity index (χ1v) is 8.29. The number of nitrogens with one attached hydrogen (secondary N) is 1. The van der Waals surface area contributed by atoms with E-state index in [1.807, 2.05) is 6.07 Å². The molecule has 1 fully saturated rings. The molecule has 0 unspecified atom stereocenters. The number of nitrogen functional groups attached to an aromatic ring is 1. The lowest BCUT2D eigenvalue weighted by Gasteiger charge is -2.08. The fourth-order valence-corrected chi connectivity index (χ4v) is 3.71. The largest absolute Gasteiger partial charge is 0.308 e. The number of nitrogens with two attached hydrogens (primary N) is 1. The maximum absolute atomic E-state index is 5.53. The summed E-state index contributed by atoms with van der Waals surface area (Å²) in [6.45, 7) is 0. The number of benzene rings is 1. The van der Waals surface area contributed by atoms with E-state index < -0.39 is 0 Å². The maximum Gasteiger partial charge on any atom is 0.144 e. The van der Waals surface area contributed by atoms with Gasteiger partial charge in [-0.3, -0.25) is 0 Å². The molecule has 1 aromatic carbocycles. The number of aryl methyl sites for hydroxylation is 2. The van der Waals surface area contributed by atoms with Crippen LogP contribution in [0.5, 0.6) is 0 Å². The molecular formula is C16H18N4S. The van der Waals surface area contributed by atoms with Crippen molar-refractivity contribution < 1.29 is 0 Å². The number of fused-ring (bicyclic) bond motifs is 1. The summed E-state index contributed by atoms with van der Waals surface area (Å²) in [5.41, 5.74) is 5.65. The van der Waals surface area contributed by atoms with Crippen molar-refractivity contribution in [2.45, 2.75) is 47.9 Å². The number of aromatic nitrogens is 2. The molecule has 2 aliphatic rings. The van der Waals surface area contributed by atoms with Gasteiger partial charge in [-0.05, 0) is 55.4 Å². The van der Waals surface area contributed by atoms with Gasteiger partial charge in [0, 0.05) is 16.9 Å². The molecule has 4 rings (SSSR count). The summed E-state index contributed by atoms with van der Waals surface area (Å²) in [5, 5.41) is 0.970. The molecule has 2 aliphatic carbocycles. The zero-order valence-electron chi connectivity index (χ0n) is 11.8. The van der Waals surface area contributed by atoms with Crippen LogP contribution in [-0.2, 0) is 12.8 Å². The Morgan fingerprint density at radius 2 is 1.95 bits per heavy atom. The lowest BCUT2D eigenvalue weighted by Crippen LogP contribution is -2.10. The van der Waals surface area contributed by atoms with Gasteiger partial charge in [-0.1, -0.05) is 17.8 Å². The summed E-state index contributed by atoms with van der Waals surface area (Å²) in [6, 6.07) is 8.68. The van der Waals surface area contributed by atoms with Crippen molar-refractivity contribution in [1.82, 2.24) is 9.97 Å². The van der Waals surface area contributed by atoms with Crippen LogP contribution in [0.1, 0.15) is 42.1 Å². The average molecular weight is 298 g/mol. The molecule has 0 spiro atoms. The molecule has 1 aromatic heterocycles. The minimum Gasteiger partial charge on any atom is -0.308 e. The fourth-order valence-electron chi connectivity index (χ4n) is 2.83. The number of hydrogen-bond donors (Lipinski definition) is 2. The van der Waals surface area contributed by atoms with Crippen LogP contribution < -0.4 is 11.3 Å². The second-order valence-corrected chi connectivity index (χ2v) is 6.85. The highest BCUT2D eigenvalue weighted by Crippen LogP contribution is 2.40. The highest BCUT2D eigenvalue weighted by molar-refractivity contribution is 7.99. The Bertz CT molecular complexity index is 682. The predicted octanol–water partition coefficient (Wildman–Crippen LogP) is 3.28. The Morgan fingerprint density at radius 3 is 2.76 bits per heavy atom. The standard InChI is InChI=1S/C16H18N4S/c17-20-14-9-15(19-16(18-14)11-4-5-11)21-13-7-6-10-2-1-3-12(10)8-13/h6-9,11H,1-5,17H2,(H,18,19,20). The molecule has 0 aliphatic heterocycles. The van der Waals surface area contributed by atoms with E-state index in [0.717, 1.165) is 10.9 Å². The molecule has 5 heteroatoms. The normalized spacial score (nSPS) is 16.8. The topological polar surface area (TPSA) is 63.8 Å². The number of nitrogens with zero attached hydrogens (tertiary/aromatic N) is 2. The third kappa shape index (κ3) is 2.76. The zero-order chi connectivity index (χ0) is 14.2. The van der Waals surface area contributed by atoms with E-state index in [4.69, 9.17) is 5.84 Å². The van der Waals surface area contributed by atoms with E-state index >= 15 is 0 Å². The van der Waals surface area contributed by atoms with Crippen LogP contribution in [0, 0.1) is 0 Å². The molecular weight excluding hydrogens is 280 g/mol. The van der Waals surface area contributed by atoms with Gasteiger partial charge in [-0.15, -0.1) is 0 Å². The molecule has 0 radical (unpaired) electrons. The van der Waals surface area contributed by atoms with Crippen LogP contribution in [0.4, 0.5) is 5.82 Å². The van der Waals surface area contributed by atoms with E-state index in [1.54, 1.807) is 11.8 Å². The summed E-state index contributed by atoms with van der Waals surface area (Å²) in [6.07, 6.45) is 6.09. The summed E-state index contributed by atoms with van der Waals surface area (Å²) in [4.78, 5) is 10.4. The summed E-state index contributed by atoms with van der Waals surface area (Å²) in [5.74, 6) is 7.68. The van der Waals surface area contributed by atoms with Crippen LogP contribution in [0.25, 0.3) is 0 Å². The van der Waals surface area contributed by atoms with Gasteiger partial charge >= 0.3 is 0 Å². The van der Waals surface area contributed by atoms with Crippen LogP contribution in [0.2, 0.25) is 0 Å². The zero-order valence-corrected chi connectivity index (χ0v) is 12.6. The third-order valence-electron chi connectivity index (χ3n) is 4.10. The Labute approximate surface area is 128 Å². The number of rotatable bonds is 4. The van der Waals surface area contributed by atoms with Crippen LogP contribution in [-0.4, -0.2) is 9.97 Å². The van der Waals surface area contributed by atoms with E-state index in [9.17, 15) is 0 Å². The van der Waals surface area contributed by atoms with Crippen LogP contribution >= 0.6 is 11.8 Å². The molecule has 2 aromatic rings. The minimum atomic E-state index is 0.526. The van der Waals surface area contributed by atoms with Crippen molar-refractivity contribution in [2.24, 2.45) is 5.84 Å². The Balaban J connectivity index is 1.62. The molecule has 21 heavy (non-hydrogen) atoms. The van der Waals surface area contributed by atoms with Gasteiger partial charge in [0.15, 0.2) is 0 Å². The molecule has 4 nitrogen and oxygen atoms in total. The smallest absolute Gasteiger partial charge is 0.144 e. The van der Waals surface area contributed by atoms with Crippen molar-refractivity contribution in [3.8, 4) is 0 Å². The van der Waals surface area contributed by atoms with Crippen molar-refractivity contribution in [1.29, 1.82) is 0 Å². The van der Waals surface area contributed by atoms with Gasteiger partial charge in [0.1, 0.15) is 16.7 Å². The highest BCUT2D eigenvalue weighted by Gasteiger charge is 2.27. The minimum absolute atomic E-state index is 0.526. The second kappa shape index (κ2) is 5.31. The first-order chi connectivity index (χ1) is 10.3. The maximum atomic E-state index is 5.53. The first-order valence-electron chi connectivity index (χ1n) is 7.47. The first kappa shape index (κ1) is 13.1. The molecule has 1 heterocycles. The van der Waals surface area contributed by atoms with Crippen molar-refractivity contribution in [3.63, 3.8) is 0 Å². The summed E-state index contributed by atoms with van der Waals surface area (Å²) < 4.78 is 0. The lowest BCUT2D eigenvalue weighted by atomic mass is 10.1. The van der Waals surface area contributed by atoms with Gasteiger partial charge in [-0.2, -0.15) is 0 Å². The van der Waals surface area contributed by atoms with Crippen LogP contribution in [0.15, 0.2) is 34.2 Å². The number of hydrogen-bond acceptors (Lipinski definition) is 5. The molecule has 3 N–H and O–H groups in total. The molecule has 0 bridgehead atoms. The highest BCUT2D eigenvalue weighted by atomic mass is 32.2. The summed E-state index contributed by atoms with van der Waals surface area (Å²) in [7, 11) is 0. The fraction of sp³-hybridized carbons (Fsp3) is 0.375. The second-order valence-electron chi connectivity index (χ2n) is 5.75. The Kier molecular flexibility index (Phi) is 3.31. The predicted molar refractivity (Wildman–Crippen MR) is 84.4 cm³/mol. The SMILES string of the molecule is NNc1cc(Sc2ccc3c(c2)CCC3)nc(C2CC2)n1. The van der Waals surface area contributed by atoms with Crippen molar-refractivity contribution in [3.05, 3.63) is 41.2 Å². The quantitative estimate of drug-likeness (QED) is 0.515. The molecule has 0 amide bonds. The van der Waals surface area contributed by atoms with Gasteiger partial charge in [0.25, 0.3) is 0 Å². The van der Waals surface area contributed by atoms with E-state index in [1.165, 1.54) is 48.1 Å². The number of hydrazine groups is 1. The van der Waals surface area contributed by atoms with Gasteiger partial charge < -0.3 is 5.43 Å². The van der Waals surface area contributed by atoms with Gasteiger partial charge in [0.2, 0.25) is 0 Å². The molecule has 1 saturated carbocycles.